The molecule has 1 aliphatic rings. The van der Waals surface area contributed by atoms with Crippen molar-refractivity contribution in [2.45, 2.75) is 146 Å². The number of esters is 1. The van der Waals surface area contributed by atoms with Gasteiger partial charge in [-0.1, -0.05) is 170 Å². The monoisotopic (exact) mass is 1250 g/mol. The van der Waals surface area contributed by atoms with Crippen LogP contribution < -0.4 is 31.9 Å². The fourth-order valence-electron chi connectivity index (χ4n) is 11.4. The Morgan fingerprint density at radius 3 is 1.62 bits per heavy atom. The van der Waals surface area contributed by atoms with Gasteiger partial charge in [0.15, 0.2) is 0 Å². The molecule has 6 aromatic carbocycles. The van der Waals surface area contributed by atoms with Gasteiger partial charge in [-0.15, -0.1) is 0 Å². The Morgan fingerprint density at radius 1 is 0.576 bits per heavy atom. The van der Waals surface area contributed by atoms with Crippen molar-refractivity contribution >= 4 is 47.6 Å². The number of alkyl carbamates (subject to hydrolysis) is 1. The van der Waals surface area contributed by atoms with Crippen molar-refractivity contribution in [3.8, 4) is 11.1 Å². The van der Waals surface area contributed by atoms with E-state index in [0.717, 1.165) is 38.9 Å². The van der Waals surface area contributed by atoms with Gasteiger partial charge >= 0.3 is 18.0 Å². The predicted octanol–water partition coefficient (Wildman–Crippen LogP) is 8.29. The molecule has 0 spiro atoms. The Bertz CT molecular complexity index is 3570. The van der Waals surface area contributed by atoms with Crippen molar-refractivity contribution in [2.24, 2.45) is 0 Å². The first-order valence-corrected chi connectivity index (χ1v) is 30.7. The summed E-state index contributed by atoms with van der Waals surface area (Å²) in [4.78, 5) is 116. The number of carboxylic acid groups (broad SMARTS) is 1. The standard InChI is InChI=1S/C72H82N8O12/c1-46(91-69(2,3)4)62(65(85)75-59(66(86)87)40-47-26-14-10-15-27-47)78-60(81)42-73-63(83)57(38-39-61(82)92-70(5,6)7)76-67(88)71(8,9)79-64(84)58(77-68(89)90-44-56-54-36-24-22-34-52(54)53-35-23-25-37-55(53)56)41-51-43-80(45-74-51)72(48-28-16-11-17-29-48,49-30-18-12-19-31-49)50-32-20-13-21-33-50/h10-37,43,45-46,56-59,62H,38-42,44H2,1-9H3,(H,73,83)(H,75,85)(H,76,88)(H,77,89)(H,78,81)(H,79,84)(H,86,87)/t46-,57+,58+,59+,62+/m1/s1. The van der Waals surface area contributed by atoms with Gasteiger partial charge in [0.25, 0.3) is 0 Å². The van der Waals surface area contributed by atoms with Gasteiger partial charge in [0.1, 0.15) is 47.5 Å². The maximum atomic E-state index is 15.0. The lowest BCUT2D eigenvalue weighted by molar-refractivity contribution is -0.155. The number of aliphatic carboxylic acids is 1. The van der Waals surface area contributed by atoms with Gasteiger partial charge in [-0.3, -0.25) is 28.8 Å². The second kappa shape index (κ2) is 29.8. The lowest BCUT2D eigenvalue weighted by Crippen LogP contribution is -2.62. The van der Waals surface area contributed by atoms with Crippen LogP contribution in [0.4, 0.5) is 4.79 Å². The van der Waals surface area contributed by atoms with Gasteiger partial charge in [-0.25, -0.2) is 14.6 Å². The first kappa shape index (κ1) is 68.0. The van der Waals surface area contributed by atoms with Crippen LogP contribution in [0.5, 0.6) is 0 Å². The molecule has 482 valence electrons. The van der Waals surface area contributed by atoms with Crippen molar-refractivity contribution in [1.82, 2.24) is 41.5 Å². The van der Waals surface area contributed by atoms with Crippen LogP contribution >= 0.6 is 0 Å². The number of carbonyl (C=O) groups excluding carboxylic acids is 7. The highest BCUT2D eigenvalue weighted by molar-refractivity contribution is 5.97. The number of aromatic nitrogens is 2. The Kier molecular flexibility index (Phi) is 22.0. The van der Waals surface area contributed by atoms with Gasteiger partial charge in [0.05, 0.1) is 30.3 Å². The van der Waals surface area contributed by atoms with E-state index in [1.54, 1.807) is 78.2 Å². The maximum absolute atomic E-state index is 15.0. The average Bonchev–Trinajstić information content (AvgIpc) is 1.22. The molecule has 1 aromatic heterocycles. The SMILES string of the molecule is C[C@@H](OC(C)(C)C)[C@H](NC(=O)CNC(=O)[C@H](CCC(=O)OC(C)(C)C)NC(=O)C(C)(C)NC(=O)[C@H](Cc1cn(C(c2ccccc2)(c2ccccc2)c2ccccc2)cn1)NC(=O)OCC1c2ccccc2-c2ccccc21)C(=O)N[C@@H](Cc1ccccc1)C(=O)O. The number of imidazole rings is 1. The Morgan fingerprint density at radius 2 is 1.10 bits per heavy atom. The van der Waals surface area contributed by atoms with E-state index in [0.29, 0.717) is 11.3 Å². The number of ether oxygens (including phenoxy) is 3. The number of benzene rings is 6. The lowest BCUT2D eigenvalue weighted by atomic mass is 9.77. The zero-order chi connectivity index (χ0) is 66.4. The minimum absolute atomic E-state index is 0.0593. The minimum Gasteiger partial charge on any atom is -0.480 e. The van der Waals surface area contributed by atoms with E-state index in [2.05, 4.69) is 31.9 Å². The van der Waals surface area contributed by atoms with Crippen molar-refractivity contribution < 1.29 is 57.7 Å². The third-order valence-electron chi connectivity index (χ3n) is 15.6. The fraction of sp³-hybridized carbons (Fsp3) is 0.347. The van der Waals surface area contributed by atoms with Crippen LogP contribution in [0.1, 0.15) is 120 Å². The number of hydrogen-bond acceptors (Lipinski definition) is 12. The molecular formula is C72H82N8O12. The molecule has 0 bridgehead atoms. The van der Waals surface area contributed by atoms with Crippen LogP contribution in [0, 0.1) is 0 Å². The molecule has 20 nitrogen and oxygen atoms in total. The number of hydrogen-bond donors (Lipinski definition) is 7. The van der Waals surface area contributed by atoms with Crippen LogP contribution in [0.15, 0.2) is 182 Å². The van der Waals surface area contributed by atoms with Crippen LogP contribution in [-0.4, -0.2) is 122 Å². The Hall–Kier alpha value is -9.95. The second-order valence-electron chi connectivity index (χ2n) is 25.4. The number of carbonyl (C=O) groups is 8. The molecule has 20 heteroatoms. The molecule has 0 saturated heterocycles. The normalized spacial score (nSPS) is 13.9. The molecule has 0 aliphatic heterocycles. The molecule has 6 amide bonds. The van der Waals surface area contributed by atoms with Gasteiger partial charge in [0.2, 0.25) is 29.5 Å². The highest BCUT2D eigenvalue weighted by Crippen LogP contribution is 2.45. The Labute approximate surface area is 536 Å². The highest BCUT2D eigenvalue weighted by Gasteiger charge is 2.41. The second-order valence-corrected chi connectivity index (χ2v) is 25.4. The van der Waals surface area contributed by atoms with Crippen LogP contribution in [0.3, 0.4) is 0 Å². The Balaban J connectivity index is 1.03. The molecule has 0 radical (unpaired) electrons. The molecule has 0 fully saturated rings. The quantitative estimate of drug-likeness (QED) is 0.0189. The summed E-state index contributed by atoms with van der Waals surface area (Å²) in [6.45, 7) is 13.7. The van der Waals surface area contributed by atoms with Crippen molar-refractivity contribution in [2.75, 3.05) is 13.2 Å². The van der Waals surface area contributed by atoms with Crippen molar-refractivity contribution in [1.29, 1.82) is 0 Å². The largest absolute Gasteiger partial charge is 0.480 e. The number of fused-ring (bicyclic) bond motifs is 3. The van der Waals surface area contributed by atoms with E-state index < -0.39 is 107 Å². The molecule has 8 rings (SSSR count). The van der Waals surface area contributed by atoms with Gasteiger partial charge < -0.3 is 55.8 Å². The van der Waals surface area contributed by atoms with Crippen molar-refractivity contribution in [3.63, 3.8) is 0 Å². The summed E-state index contributed by atoms with van der Waals surface area (Å²) in [6.07, 6.45) is 0.605. The predicted molar refractivity (Wildman–Crippen MR) is 347 cm³/mol. The maximum Gasteiger partial charge on any atom is 0.407 e. The molecule has 92 heavy (non-hydrogen) atoms. The third-order valence-corrected chi connectivity index (χ3v) is 15.6. The lowest BCUT2D eigenvalue weighted by Gasteiger charge is -2.37. The summed E-state index contributed by atoms with van der Waals surface area (Å²) in [7, 11) is 0. The van der Waals surface area contributed by atoms with Crippen LogP contribution in [-0.2, 0) is 66.2 Å². The summed E-state index contributed by atoms with van der Waals surface area (Å²) >= 11 is 0. The number of nitrogens with zero attached hydrogens (tertiary/aromatic N) is 2. The molecule has 1 aliphatic carbocycles. The van der Waals surface area contributed by atoms with E-state index >= 15 is 0 Å². The summed E-state index contributed by atoms with van der Waals surface area (Å²) in [6, 6.07) is 48.4. The molecule has 7 N–H and O–H groups in total. The van der Waals surface area contributed by atoms with Crippen LogP contribution in [0.2, 0.25) is 0 Å². The first-order valence-electron chi connectivity index (χ1n) is 30.7. The van der Waals surface area contributed by atoms with Crippen molar-refractivity contribution in [3.05, 3.63) is 221 Å². The fourth-order valence-corrected chi connectivity index (χ4v) is 11.4. The van der Waals surface area contributed by atoms with Gasteiger partial charge in [-0.2, -0.15) is 0 Å². The van der Waals surface area contributed by atoms with E-state index in [1.807, 2.05) is 150 Å². The van der Waals surface area contributed by atoms with E-state index in [9.17, 15) is 43.5 Å². The molecule has 0 unspecified atom stereocenters. The number of carboxylic acids is 1. The molecule has 0 saturated carbocycles. The van der Waals surface area contributed by atoms with Gasteiger partial charge in [0, 0.05) is 31.4 Å². The first-order chi connectivity index (χ1) is 43.7. The summed E-state index contributed by atoms with van der Waals surface area (Å²) < 4.78 is 19.5. The molecule has 1 heterocycles. The van der Waals surface area contributed by atoms with E-state index in [1.165, 1.54) is 20.8 Å². The topological polar surface area (TPSA) is 274 Å². The smallest absolute Gasteiger partial charge is 0.407 e. The zero-order valence-electron chi connectivity index (χ0n) is 53.4. The number of rotatable bonds is 27. The third kappa shape index (κ3) is 17.5. The molecular weight excluding hydrogens is 1170 g/mol. The summed E-state index contributed by atoms with van der Waals surface area (Å²) in [5, 5.41) is 25.9. The average molecular weight is 1250 g/mol. The van der Waals surface area contributed by atoms with Crippen LogP contribution in [0.25, 0.3) is 11.1 Å². The van der Waals surface area contributed by atoms with Gasteiger partial charge in [-0.05, 0) is 113 Å². The van der Waals surface area contributed by atoms with E-state index in [-0.39, 0.29) is 38.2 Å². The number of amides is 6. The highest BCUT2D eigenvalue weighted by atomic mass is 16.6. The summed E-state index contributed by atoms with van der Waals surface area (Å²) in [5.74, 6) is -6.69. The molecule has 5 atom stereocenters. The minimum atomic E-state index is -1.85. The number of nitrogens with one attached hydrogen (secondary N) is 6. The zero-order valence-corrected chi connectivity index (χ0v) is 53.4. The molecule has 7 aromatic rings. The van der Waals surface area contributed by atoms with E-state index in [4.69, 9.17) is 19.2 Å². The summed E-state index contributed by atoms with van der Waals surface area (Å²) in [5.41, 5.74) is 3.24.